The highest BCUT2D eigenvalue weighted by atomic mass is 127. The minimum absolute atomic E-state index is 0.597. The van der Waals surface area contributed by atoms with Gasteiger partial charge in [0.2, 0.25) is 0 Å². The molecule has 2 rings (SSSR count). The molecule has 1 aromatic heterocycles. The van der Waals surface area contributed by atoms with E-state index in [0.717, 1.165) is 18.1 Å². The van der Waals surface area contributed by atoms with E-state index in [1.807, 2.05) is 7.05 Å². The van der Waals surface area contributed by atoms with Crippen molar-refractivity contribution < 1.29 is 9.47 Å². The van der Waals surface area contributed by atoms with Crippen molar-refractivity contribution >= 4 is 28.4 Å². The number of aromatic nitrogens is 2. The van der Waals surface area contributed by atoms with Crippen LogP contribution in [0.1, 0.15) is 43.1 Å². The van der Waals surface area contributed by atoms with Crippen LogP contribution in [0.3, 0.4) is 0 Å². The Kier molecular flexibility index (Phi) is 7.12. The van der Waals surface area contributed by atoms with Crippen molar-refractivity contribution in [2.24, 2.45) is 0 Å². The predicted molar refractivity (Wildman–Crippen MR) is 91.9 cm³/mol. The molecule has 0 aliphatic heterocycles. The van der Waals surface area contributed by atoms with Crippen molar-refractivity contribution in [1.29, 1.82) is 0 Å². The predicted octanol–water partition coefficient (Wildman–Crippen LogP) is 2.99. The number of halogens is 1. The Hall–Kier alpha value is -0.470. The van der Waals surface area contributed by atoms with Crippen LogP contribution in [-0.2, 0) is 15.9 Å². The van der Waals surface area contributed by atoms with Gasteiger partial charge in [-0.2, -0.15) is 0 Å². The van der Waals surface area contributed by atoms with Gasteiger partial charge in [0.05, 0.1) is 29.1 Å². The molecule has 0 unspecified atom stereocenters. The Morgan fingerprint density at radius 3 is 2.62 bits per heavy atom. The molecule has 6 heteroatoms. The Morgan fingerprint density at radius 1 is 1.19 bits per heavy atom. The molecule has 1 aliphatic rings. The molecule has 1 saturated carbocycles. The third kappa shape index (κ3) is 4.75. The number of rotatable bonds is 8. The zero-order valence-electron chi connectivity index (χ0n) is 12.8. The van der Waals surface area contributed by atoms with Crippen molar-refractivity contribution in [2.75, 3.05) is 39.3 Å². The van der Waals surface area contributed by atoms with Gasteiger partial charge < -0.3 is 14.8 Å². The maximum atomic E-state index is 5.52. The number of methoxy groups -OCH3 is 1. The van der Waals surface area contributed by atoms with Crippen molar-refractivity contribution in [2.45, 2.75) is 38.0 Å². The molecular weight excluding hydrogens is 381 g/mol. The van der Waals surface area contributed by atoms with Crippen LogP contribution in [0.5, 0.6) is 0 Å². The summed E-state index contributed by atoms with van der Waals surface area (Å²) in [5, 5.41) is 3.19. The van der Waals surface area contributed by atoms with Crippen LogP contribution in [0, 0.1) is 3.57 Å². The van der Waals surface area contributed by atoms with Gasteiger partial charge in [-0.1, -0.05) is 12.8 Å². The zero-order chi connectivity index (χ0) is 15.1. The minimum atomic E-state index is 0.597. The summed E-state index contributed by atoms with van der Waals surface area (Å²) in [6.07, 6.45) is 5.87. The third-order valence-corrected chi connectivity index (χ3v) is 4.87. The molecule has 1 fully saturated rings. The monoisotopic (exact) mass is 405 g/mol. The van der Waals surface area contributed by atoms with Gasteiger partial charge in [-0.15, -0.1) is 0 Å². The summed E-state index contributed by atoms with van der Waals surface area (Å²) >= 11 is 2.37. The standard InChI is InChI=1S/C15H24IN3O2/c1-17-15-13(16)14(11-5-3-4-6-11)18-12(19-15)7-8-21-10-9-20-2/h11H,3-10H2,1-2H3,(H,17,18,19). The lowest BCUT2D eigenvalue weighted by molar-refractivity contribution is 0.0716. The number of ether oxygens (including phenoxy) is 2. The number of hydrogen-bond donors (Lipinski definition) is 1. The molecule has 0 spiro atoms. The molecule has 5 nitrogen and oxygen atoms in total. The van der Waals surface area contributed by atoms with E-state index in [2.05, 4.69) is 32.9 Å². The number of anilines is 1. The summed E-state index contributed by atoms with van der Waals surface area (Å²) in [5.41, 5.74) is 1.22. The first-order valence-corrected chi connectivity index (χ1v) is 8.65. The lowest BCUT2D eigenvalue weighted by atomic mass is 10.0. The quantitative estimate of drug-likeness (QED) is 0.533. The fourth-order valence-electron chi connectivity index (χ4n) is 2.67. The average molecular weight is 405 g/mol. The highest BCUT2D eigenvalue weighted by molar-refractivity contribution is 14.1. The SMILES string of the molecule is CNc1nc(CCOCCOC)nc(C2CCCC2)c1I. The van der Waals surface area contributed by atoms with Gasteiger partial charge in [0.15, 0.2) is 0 Å². The minimum Gasteiger partial charge on any atom is -0.382 e. The van der Waals surface area contributed by atoms with E-state index in [-0.39, 0.29) is 0 Å². The van der Waals surface area contributed by atoms with E-state index in [9.17, 15) is 0 Å². The molecule has 1 aromatic rings. The maximum absolute atomic E-state index is 5.52. The van der Waals surface area contributed by atoms with E-state index in [1.54, 1.807) is 7.11 Å². The molecule has 118 valence electrons. The Morgan fingerprint density at radius 2 is 1.95 bits per heavy atom. The van der Waals surface area contributed by atoms with E-state index >= 15 is 0 Å². The van der Waals surface area contributed by atoms with Crippen LogP contribution in [-0.4, -0.2) is 43.9 Å². The van der Waals surface area contributed by atoms with Gasteiger partial charge in [-0.3, -0.25) is 0 Å². The fraction of sp³-hybridized carbons (Fsp3) is 0.733. The van der Waals surface area contributed by atoms with Gasteiger partial charge >= 0.3 is 0 Å². The molecular formula is C15H24IN3O2. The van der Waals surface area contributed by atoms with E-state index < -0.39 is 0 Å². The number of hydrogen-bond acceptors (Lipinski definition) is 5. The van der Waals surface area contributed by atoms with Crippen molar-refractivity contribution in [1.82, 2.24) is 9.97 Å². The zero-order valence-corrected chi connectivity index (χ0v) is 15.0. The summed E-state index contributed by atoms with van der Waals surface area (Å²) < 4.78 is 11.7. The first kappa shape index (κ1) is 16.9. The van der Waals surface area contributed by atoms with Crippen LogP contribution in [0.2, 0.25) is 0 Å². The third-order valence-electron chi connectivity index (χ3n) is 3.80. The van der Waals surface area contributed by atoms with E-state index in [0.29, 0.717) is 25.7 Å². The summed E-state index contributed by atoms with van der Waals surface area (Å²) in [6, 6.07) is 0. The van der Waals surface area contributed by atoms with E-state index in [1.165, 1.54) is 34.9 Å². The second-order valence-corrected chi connectivity index (χ2v) is 6.35. The first-order valence-electron chi connectivity index (χ1n) is 7.57. The molecule has 0 aromatic carbocycles. The summed E-state index contributed by atoms with van der Waals surface area (Å²) in [7, 11) is 3.60. The Bertz CT molecular complexity index is 451. The van der Waals surface area contributed by atoms with Crippen molar-refractivity contribution in [3.63, 3.8) is 0 Å². The highest BCUT2D eigenvalue weighted by Crippen LogP contribution is 2.36. The Balaban J connectivity index is 2.04. The van der Waals surface area contributed by atoms with Crippen LogP contribution in [0.15, 0.2) is 0 Å². The number of nitrogens with one attached hydrogen (secondary N) is 1. The summed E-state index contributed by atoms with van der Waals surface area (Å²) in [5.74, 6) is 2.42. The van der Waals surface area contributed by atoms with Gasteiger partial charge in [0.1, 0.15) is 11.6 Å². The fourth-order valence-corrected chi connectivity index (χ4v) is 3.62. The van der Waals surface area contributed by atoms with Crippen LogP contribution in [0.4, 0.5) is 5.82 Å². The van der Waals surface area contributed by atoms with Gasteiger partial charge in [-0.05, 0) is 35.4 Å². The maximum Gasteiger partial charge on any atom is 0.143 e. The molecule has 0 atom stereocenters. The van der Waals surface area contributed by atoms with E-state index in [4.69, 9.17) is 14.5 Å². The molecule has 0 radical (unpaired) electrons. The van der Waals surface area contributed by atoms with Crippen molar-refractivity contribution in [3.05, 3.63) is 15.1 Å². The largest absolute Gasteiger partial charge is 0.382 e. The highest BCUT2D eigenvalue weighted by Gasteiger charge is 2.23. The second-order valence-electron chi connectivity index (χ2n) is 5.27. The molecule has 1 N–H and O–H groups in total. The smallest absolute Gasteiger partial charge is 0.143 e. The van der Waals surface area contributed by atoms with Crippen LogP contribution >= 0.6 is 22.6 Å². The normalized spacial score (nSPS) is 15.6. The molecule has 1 aliphatic carbocycles. The Labute approximate surface area is 140 Å². The lowest BCUT2D eigenvalue weighted by Gasteiger charge is -2.15. The number of nitrogens with zero attached hydrogens (tertiary/aromatic N) is 2. The van der Waals surface area contributed by atoms with Gasteiger partial charge in [0.25, 0.3) is 0 Å². The molecule has 0 amide bonds. The molecule has 21 heavy (non-hydrogen) atoms. The summed E-state index contributed by atoms with van der Waals surface area (Å²) in [6.45, 7) is 1.88. The van der Waals surface area contributed by atoms with Crippen LogP contribution in [0.25, 0.3) is 0 Å². The molecule has 0 saturated heterocycles. The topological polar surface area (TPSA) is 56.3 Å². The second kappa shape index (κ2) is 8.85. The first-order chi connectivity index (χ1) is 10.3. The van der Waals surface area contributed by atoms with Crippen LogP contribution < -0.4 is 5.32 Å². The van der Waals surface area contributed by atoms with Gasteiger partial charge in [0, 0.05) is 26.5 Å². The molecule has 1 heterocycles. The summed E-state index contributed by atoms with van der Waals surface area (Å²) in [4.78, 5) is 9.41. The van der Waals surface area contributed by atoms with Gasteiger partial charge in [-0.25, -0.2) is 9.97 Å². The average Bonchev–Trinajstić information content (AvgIpc) is 3.02. The molecule has 0 bridgehead atoms. The lowest BCUT2D eigenvalue weighted by Crippen LogP contribution is -2.12. The van der Waals surface area contributed by atoms with Crippen molar-refractivity contribution in [3.8, 4) is 0 Å².